The summed E-state index contributed by atoms with van der Waals surface area (Å²) in [6.07, 6.45) is 0. The van der Waals surface area contributed by atoms with Crippen molar-refractivity contribution >= 4 is 0 Å². The van der Waals surface area contributed by atoms with Gasteiger partial charge in [-0.2, -0.15) is 0 Å². The van der Waals surface area contributed by atoms with Crippen LogP contribution in [-0.2, 0) is 0 Å². The number of hydrogen-bond donors (Lipinski definition) is 2. The summed E-state index contributed by atoms with van der Waals surface area (Å²) in [5.41, 5.74) is 4.00. The molecule has 0 spiro atoms. The van der Waals surface area contributed by atoms with Crippen LogP contribution in [0.3, 0.4) is 0 Å². The quantitative estimate of drug-likeness (QED) is 0.764. The molecule has 0 fully saturated rings. The molecule has 82 valence electrons. The van der Waals surface area contributed by atoms with E-state index in [1.54, 1.807) is 12.1 Å². The standard InChI is InChI=1S/C14H14O2/c1-9-3-4-10(2)13(7-9)12-6-5-11(15)8-14(12)16/h3-8,15-16H,1-2H3. The molecule has 2 aromatic carbocycles. The van der Waals surface area contributed by atoms with E-state index in [1.165, 1.54) is 6.07 Å². The number of hydrogen-bond acceptors (Lipinski definition) is 2. The zero-order valence-electron chi connectivity index (χ0n) is 9.36. The van der Waals surface area contributed by atoms with E-state index in [2.05, 4.69) is 0 Å². The Morgan fingerprint density at radius 3 is 2.25 bits per heavy atom. The molecule has 0 atom stereocenters. The van der Waals surface area contributed by atoms with Crippen molar-refractivity contribution in [2.45, 2.75) is 13.8 Å². The number of phenols is 2. The molecule has 2 N–H and O–H groups in total. The monoisotopic (exact) mass is 214 g/mol. The lowest BCUT2D eigenvalue weighted by Gasteiger charge is -2.09. The van der Waals surface area contributed by atoms with Gasteiger partial charge in [0.15, 0.2) is 0 Å². The summed E-state index contributed by atoms with van der Waals surface area (Å²) in [6, 6.07) is 10.8. The molecule has 0 saturated carbocycles. The van der Waals surface area contributed by atoms with Crippen molar-refractivity contribution in [3.63, 3.8) is 0 Å². The van der Waals surface area contributed by atoms with Crippen LogP contribution in [0.1, 0.15) is 11.1 Å². The predicted octanol–water partition coefficient (Wildman–Crippen LogP) is 3.38. The minimum Gasteiger partial charge on any atom is -0.508 e. The number of benzene rings is 2. The third kappa shape index (κ3) is 1.87. The van der Waals surface area contributed by atoms with Crippen molar-refractivity contribution in [2.24, 2.45) is 0 Å². The highest BCUT2D eigenvalue weighted by Gasteiger charge is 2.07. The van der Waals surface area contributed by atoms with E-state index in [0.29, 0.717) is 0 Å². The van der Waals surface area contributed by atoms with E-state index in [1.807, 2.05) is 32.0 Å². The van der Waals surface area contributed by atoms with Crippen molar-refractivity contribution < 1.29 is 10.2 Å². The van der Waals surface area contributed by atoms with Gasteiger partial charge >= 0.3 is 0 Å². The molecule has 0 saturated heterocycles. The average molecular weight is 214 g/mol. The van der Waals surface area contributed by atoms with Crippen molar-refractivity contribution in [3.8, 4) is 22.6 Å². The van der Waals surface area contributed by atoms with Crippen LogP contribution in [0.25, 0.3) is 11.1 Å². The van der Waals surface area contributed by atoms with E-state index < -0.39 is 0 Å². The first-order chi connectivity index (χ1) is 7.58. The first-order valence-electron chi connectivity index (χ1n) is 5.17. The van der Waals surface area contributed by atoms with Crippen LogP contribution in [0.4, 0.5) is 0 Å². The first kappa shape index (κ1) is 10.6. The number of rotatable bonds is 1. The normalized spacial score (nSPS) is 10.4. The Morgan fingerprint density at radius 2 is 1.56 bits per heavy atom. The molecule has 0 aromatic heterocycles. The fraction of sp³-hybridized carbons (Fsp3) is 0.143. The Morgan fingerprint density at radius 1 is 0.812 bits per heavy atom. The third-order valence-corrected chi connectivity index (χ3v) is 2.66. The second-order valence-electron chi connectivity index (χ2n) is 4.02. The van der Waals surface area contributed by atoms with Crippen LogP contribution in [-0.4, -0.2) is 10.2 Å². The Kier molecular flexibility index (Phi) is 2.57. The summed E-state index contributed by atoms with van der Waals surface area (Å²) in [5.74, 6) is 0.181. The second-order valence-corrected chi connectivity index (χ2v) is 4.02. The number of phenolic OH excluding ortho intramolecular Hbond substituents is 2. The van der Waals surface area contributed by atoms with Crippen molar-refractivity contribution in [3.05, 3.63) is 47.5 Å². The lowest BCUT2D eigenvalue weighted by Crippen LogP contribution is -1.85. The van der Waals surface area contributed by atoms with E-state index >= 15 is 0 Å². The fourth-order valence-electron chi connectivity index (χ4n) is 1.77. The summed E-state index contributed by atoms with van der Waals surface area (Å²) in [6.45, 7) is 4.02. The average Bonchev–Trinajstić information content (AvgIpc) is 2.22. The smallest absolute Gasteiger partial charge is 0.127 e. The summed E-state index contributed by atoms with van der Waals surface area (Å²) >= 11 is 0. The zero-order chi connectivity index (χ0) is 11.7. The molecule has 0 bridgehead atoms. The van der Waals surface area contributed by atoms with Gasteiger partial charge in [0.05, 0.1) is 0 Å². The Hall–Kier alpha value is -1.96. The van der Waals surface area contributed by atoms with Crippen molar-refractivity contribution in [1.82, 2.24) is 0 Å². The Labute approximate surface area is 94.8 Å². The summed E-state index contributed by atoms with van der Waals surface area (Å²) < 4.78 is 0. The Balaban J connectivity index is 2.62. The van der Waals surface area contributed by atoms with E-state index in [0.717, 1.165) is 22.3 Å². The molecule has 0 aliphatic heterocycles. The molecular formula is C14H14O2. The van der Waals surface area contributed by atoms with Gasteiger partial charge in [-0.25, -0.2) is 0 Å². The maximum absolute atomic E-state index is 9.80. The topological polar surface area (TPSA) is 40.5 Å². The van der Waals surface area contributed by atoms with Gasteiger partial charge in [-0.1, -0.05) is 23.8 Å². The fourth-order valence-corrected chi connectivity index (χ4v) is 1.77. The van der Waals surface area contributed by atoms with Gasteiger partial charge in [0.25, 0.3) is 0 Å². The molecule has 0 aliphatic rings. The molecule has 0 unspecified atom stereocenters. The maximum atomic E-state index is 9.80. The van der Waals surface area contributed by atoms with E-state index in [-0.39, 0.29) is 11.5 Å². The lowest BCUT2D eigenvalue weighted by atomic mass is 9.98. The molecule has 0 radical (unpaired) electrons. The van der Waals surface area contributed by atoms with Gasteiger partial charge in [-0.15, -0.1) is 0 Å². The van der Waals surface area contributed by atoms with Crippen LogP contribution in [0.2, 0.25) is 0 Å². The van der Waals surface area contributed by atoms with Crippen molar-refractivity contribution in [2.75, 3.05) is 0 Å². The lowest BCUT2D eigenvalue weighted by molar-refractivity contribution is 0.452. The Bertz CT molecular complexity index is 530. The van der Waals surface area contributed by atoms with Crippen LogP contribution in [0.15, 0.2) is 36.4 Å². The summed E-state index contributed by atoms with van der Waals surface area (Å²) in [5, 5.41) is 19.0. The van der Waals surface area contributed by atoms with Crippen molar-refractivity contribution in [1.29, 1.82) is 0 Å². The molecule has 2 nitrogen and oxygen atoms in total. The highest BCUT2D eigenvalue weighted by molar-refractivity contribution is 5.74. The summed E-state index contributed by atoms with van der Waals surface area (Å²) in [4.78, 5) is 0. The van der Waals surface area contributed by atoms with E-state index in [4.69, 9.17) is 0 Å². The van der Waals surface area contributed by atoms with Crippen LogP contribution in [0, 0.1) is 13.8 Å². The van der Waals surface area contributed by atoms with Gasteiger partial charge in [-0.05, 0) is 37.1 Å². The first-order valence-corrected chi connectivity index (χ1v) is 5.17. The maximum Gasteiger partial charge on any atom is 0.127 e. The molecule has 2 aromatic rings. The molecule has 16 heavy (non-hydrogen) atoms. The van der Waals surface area contributed by atoms with E-state index in [9.17, 15) is 10.2 Å². The second kappa shape index (κ2) is 3.89. The van der Waals surface area contributed by atoms with Crippen LogP contribution >= 0.6 is 0 Å². The molecule has 0 aliphatic carbocycles. The molecule has 2 heteroatoms. The largest absolute Gasteiger partial charge is 0.508 e. The highest BCUT2D eigenvalue weighted by atomic mass is 16.3. The van der Waals surface area contributed by atoms with Gasteiger partial charge in [-0.3, -0.25) is 0 Å². The van der Waals surface area contributed by atoms with Gasteiger partial charge in [0.2, 0.25) is 0 Å². The third-order valence-electron chi connectivity index (χ3n) is 2.66. The molecular weight excluding hydrogens is 200 g/mol. The minimum absolute atomic E-state index is 0.0755. The molecule has 2 rings (SSSR count). The minimum atomic E-state index is 0.0755. The SMILES string of the molecule is Cc1ccc(C)c(-c2ccc(O)cc2O)c1. The zero-order valence-corrected chi connectivity index (χ0v) is 9.36. The van der Waals surface area contributed by atoms with Gasteiger partial charge in [0.1, 0.15) is 11.5 Å². The predicted molar refractivity (Wildman–Crippen MR) is 64.7 cm³/mol. The van der Waals surface area contributed by atoms with Gasteiger partial charge in [0, 0.05) is 11.6 Å². The van der Waals surface area contributed by atoms with Gasteiger partial charge < -0.3 is 10.2 Å². The summed E-state index contributed by atoms with van der Waals surface area (Å²) in [7, 11) is 0. The van der Waals surface area contributed by atoms with Crippen LogP contribution in [0.5, 0.6) is 11.5 Å². The van der Waals surface area contributed by atoms with Crippen LogP contribution < -0.4 is 0 Å². The number of aromatic hydroxyl groups is 2. The highest BCUT2D eigenvalue weighted by Crippen LogP contribution is 2.34. The molecule has 0 amide bonds. The number of aryl methyl sites for hydroxylation is 2. The molecule has 0 heterocycles.